The van der Waals surface area contributed by atoms with Gasteiger partial charge in [-0.05, 0) is 51.6 Å². The minimum Gasteiger partial charge on any atom is -0.370 e. The number of nitrogens with two attached hydrogens (primary N) is 1. The lowest BCUT2D eigenvalue weighted by atomic mass is 9.85. The van der Waals surface area contributed by atoms with Crippen LogP contribution in [0.3, 0.4) is 0 Å². The first-order valence-corrected chi connectivity index (χ1v) is 7.54. The Bertz CT molecular complexity index is 312. The minimum atomic E-state index is 0.484. The molecule has 1 aliphatic heterocycles. The molecule has 3 fully saturated rings. The average Bonchev–Trinajstić information content (AvgIpc) is 3.17. The van der Waals surface area contributed by atoms with Crippen LogP contribution in [0.15, 0.2) is 4.99 Å². The van der Waals surface area contributed by atoms with E-state index in [1.165, 1.54) is 58.0 Å². The van der Waals surface area contributed by atoms with Crippen LogP contribution in [-0.2, 0) is 0 Å². The first-order chi connectivity index (χ1) is 8.74. The van der Waals surface area contributed by atoms with Gasteiger partial charge in [0.1, 0.15) is 0 Å². The Morgan fingerprint density at radius 1 is 1.17 bits per heavy atom. The van der Waals surface area contributed by atoms with Crippen LogP contribution in [0.4, 0.5) is 0 Å². The van der Waals surface area contributed by atoms with Crippen LogP contribution >= 0.6 is 0 Å². The Labute approximate surface area is 110 Å². The zero-order chi connectivity index (χ0) is 12.5. The molecule has 2 saturated carbocycles. The quantitative estimate of drug-likeness (QED) is 0.608. The fourth-order valence-corrected chi connectivity index (χ4v) is 3.17. The van der Waals surface area contributed by atoms with Crippen LogP contribution < -0.4 is 5.73 Å². The summed E-state index contributed by atoms with van der Waals surface area (Å²) in [6.45, 7) is 2.61. The van der Waals surface area contributed by atoms with Crippen molar-refractivity contribution in [3.8, 4) is 0 Å². The Morgan fingerprint density at radius 2 is 1.83 bits per heavy atom. The van der Waals surface area contributed by atoms with E-state index in [1.54, 1.807) is 0 Å². The Balaban J connectivity index is 1.45. The summed E-state index contributed by atoms with van der Waals surface area (Å²) in [7, 11) is 2.08. The molecule has 0 amide bonds. The van der Waals surface area contributed by atoms with Crippen LogP contribution in [0.1, 0.15) is 44.9 Å². The summed E-state index contributed by atoms with van der Waals surface area (Å²) in [5.41, 5.74) is 6.05. The molecule has 0 spiro atoms. The Kier molecular flexibility index (Phi) is 3.46. The highest BCUT2D eigenvalue weighted by Gasteiger charge is 2.35. The predicted molar refractivity (Wildman–Crippen MR) is 74.6 cm³/mol. The molecule has 2 aliphatic carbocycles. The summed E-state index contributed by atoms with van der Waals surface area (Å²) in [5.74, 6) is 0.764. The first kappa shape index (κ1) is 12.3. The lowest BCUT2D eigenvalue weighted by molar-refractivity contribution is 0.0909. The largest absolute Gasteiger partial charge is 0.370 e. The third kappa shape index (κ3) is 2.63. The monoisotopic (exact) mass is 250 g/mol. The van der Waals surface area contributed by atoms with E-state index < -0.39 is 0 Å². The van der Waals surface area contributed by atoms with Gasteiger partial charge in [-0.25, -0.2) is 4.99 Å². The van der Waals surface area contributed by atoms with Crippen molar-refractivity contribution in [1.82, 2.24) is 9.80 Å². The second kappa shape index (κ2) is 5.08. The van der Waals surface area contributed by atoms with Crippen LogP contribution in [0, 0.1) is 0 Å². The second-order valence-corrected chi connectivity index (χ2v) is 6.21. The Morgan fingerprint density at radius 3 is 2.44 bits per heavy atom. The topological polar surface area (TPSA) is 44.9 Å². The van der Waals surface area contributed by atoms with Gasteiger partial charge < -0.3 is 15.5 Å². The maximum absolute atomic E-state index is 6.05. The van der Waals surface area contributed by atoms with Crippen LogP contribution in [0.2, 0.25) is 0 Å². The van der Waals surface area contributed by atoms with Crippen molar-refractivity contribution in [2.24, 2.45) is 10.7 Å². The van der Waals surface area contributed by atoms with Crippen molar-refractivity contribution < 1.29 is 0 Å². The third-order valence-corrected chi connectivity index (χ3v) is 4.77. The summed E-state index contributed by atoms with van der Waals surface area (Å²) in [4.78, 5) is 9.51. The van der Waals surface area contributed by atoms with E-state index in [0.29, 0.717) is 12.1 Å². The van der Waals surface area contributed by atoms with Gasteiger partial charge in [0.25, 0.3) is 0 Å². The molecule has 4 heteroatoms. The maximum atomic E-state index is 6.05. The van der Waals surface area contributed by atoms with Gasteiger partial charge in [-0.2, -0.15) is 0 Å². The number of guanidine groups is 1. The lowest BCUT2D eigenvalue weighted by Gasteiger charge is -2.43. The van der Waals surface area contributed by atoms with Crippen LogP contribution in [-0.4, -0.2) is 54.0 Å². The predicted octanol–water partition coefficient (Wildman–Crippen LogP) is 1.41. The molecule has 102 valence electrons. The van der Waals surface area contributed by atoms with Gasteiger partial charge in [-0.15, -0.1) is 0 Å². The van der Waals surface area contributed by atoms with Crippen molar-refractivity contribution >= 4 is 5.96 Å². The zero-order valence-corrected chi connectivity index (χ0v) is 11.5. The smallest absolute Gasteiger partial charge is 0.191 e. The molecule has 1 saturated heterocycles. The van der Waals surface area contributed by atoms with Crippen molar-refractivity contribution in [1.29, 1.82) is 0 Å². The summed E-state index contributed by atoms with van der Waals surface area (Å²) in [6, 6.07) is 1.95. The molecule has 0 bridgehead atoms. The van der Waals surface area contributed by atoms with Gasteiger partial charge in [0.05, 0.1) is 6.04 Å². The molecule has 3 rings (SSSR count). The Hall–Kier alpha value is -0.770. The molecule has 4 nitrogen and oxygen atoms in total. The summed E-state index contributed by atoms with van der Waals surface area (Å²) >= 11 is 0. The van der Waals surface area contributed by atoms with E-state index in [4.69, 9.17) is 5.73 Å². The molecule has 0 atom stereocenters. The highest BCUT2D eigenvalue weighted by atomic mass is 15.3. The number of piperidine rings is 1. The zero-order valence-electron chi connectivity index (χ0n) is 11.5. The summed E-state index contributed by atoms with van der Waals surface area (Å²) in [6.07, 6.45) is 9.21. The van der Waals surface area contributed by atoms with E-state index >= 15 is 0 Å². The molecule has 0 unspecified atom stereocenters. The van der Waals surface area contributed by atoms with Gasteiger partial charge in [-0.1, -0.05) is 6.42 Å². The van der Waals surface area contributed by atoms with E-state index in [9.17, 15) is 0 Å². The molecule has 0 radical (unpaired) electrons. The molecule has 0 aromatic carbocycles. The number of nitrogens with zero attached hydrogens (tertiary/aromatic N) is 3. The van der Waals surface area contributed by atoms with E-state index in [2.05, 4.69) is 21.8 Å². The van der Waals surface area contributed by atoms with E-state index in [0.717, 1.165) is 12.0 Å². The number of hydrogen-bond donors (Lipinski definition) is 1. The molecule has 0 aromatic heterocycles. The molecular weight excluding hydrogens is 224 g/mol. The highest BCUT2D eigenvalue weighted by molar-refractivity contribution is 5.78. The molecule has 0 aromatic rings. The van der Waals surface area contributed by atoms with Gasteiger partial charge in [0.15, 0.2) is 5.96 Å². The molecule has 18 heavy (non-hydrogen) atoms. The number of aliphatic imine (C=N–C) groups is 1. The highest BCUT2D eigenvalue weighted by Crippen LogP contribution is 2.31. The van der Waals surface area contributed by atoms with E-state index in [1.807, 2.05) is 0 Å². The summed E-state index contributed by atoms with van der Waals surface area (Å²) in [5, 5.41) is 0. The van der Waals surface area contributed by atoms with Crippen molar-refractivity contribution in [3.63, 3.8) is 0 Å². The fourth-order valence-electron chi connectivity index (χ4n) is 3.17. The normalized spacial score (nSPS) is 34.2. The molecular formula is C14H26N4. The van der Waals surface area contributed by atoms with Gasteiger partial charge in [0.2, 0.25) is 0 Å². The molecule has 2 N–H and O–H groups in total. The minimum absolute atomic E-state index is 0.484. The molecule has 1 heterocycles. The third-order valence-electron chi connectivity index (χ3n) is 4.77. The van der Waals surface area contributed by atoms with Crippen LogP contribution in [0.5, 0.6) is 0 Å². The number of likely N-dealkylation sites (tertiary alicyclic amines) is 1. The number of hydrogen-bond acceptors (Lipinski definition) is 2. The second-order valence-electron chi connectivity index (χ2n) is 6.21. The van der Waals surface area contributed by atoms with Gasteiger partial charge >= 0.3 is 0 Å². The number of rotatable bonds is 3. The van der Waals surface area contributed by atoms with Crippen LogP contribution in [0.25, 0.3) is 0 Å². The average molecular weight is 250 g/mol. The fraction of sp³-hybridized carbons (Fsp3) is 0.929. The molecule has 3 aliphatic rings. The van der Waals surface area contributed by atoms with E-state index in [-0.39, 0.29) is 0 Å². The van der Waals surface area contributed by atoms with Crippen molar-refractivity contribution in [2.45, 2.75) is 63.1 Å². The SMILES string of the molecule is CN(C(N)=NC1CC(N2CCCCC2)C1)C1CC1. The van der Waals surface area contributed by atoms with Crippen molar-refractivity contribution in [3.05, 3.63) is 0 Å². The summed E-state index contributed by atoms with van der Waals surface area (Å²) < 4.78 is 0. The van der Waals surface area contributed by atoms with Gasteiger partial charge in [-0.3, -0.25) is 0 Å². The van der Waals surface area contributed by atoms with Crippen molar-refractivity contribution in [2.75, 3.05) is 20.1 Å². The maximum Gasteiger partial charge on any atom is 0.191 e. The first-order valence-electron chi connectivity index (χ1n) is 7.54. The van der Waals surface area contributed by atoms with Gasteiger partial charge in [0, 0.05) is 19.1 Å². The lowest BCUT2D eigenvalue weighted by Crippen LogP contribution is -2.49. The standard InChI is InChI=1S/C14H26N4/c1-17(12-5-6-12)14(15)16-11-9-13(10-11)18-7-3-2-4-8-18/h11-13H,2-10H2,1H3,(H2,15,16).